The predicted molar refractivity (Wildman–Crippen MR) is 111 cm³/mol. The summed E-state index contributed by atoms with van der Waals surface area (Å²) in [6.45, 7) is 7.04. The highest BCUT2D eigenvalue weighted by Crippen LogP contribution is 2.23. The van der Waals surface area contributed by atoms with Gasteiger partial charge in [-0.15, -0.1) is 0 Å². The third-order valence-electron chi connectivity index (χ3n) is 5.27. The van der Waals surface area contributed by atoms with Gasteiger partial charge in [-0.2, -0.15) is 0 Å². The number of likely N-dealkylation sites (tertiary alicyclic amines) is 1. The molecule has 1 aromatic heterocycles. The normalized spacial score (nSPS) is 15.0. The average molecular weight is 418 g/mol. The zero-order valence-electron chi connectivity index (χ0n) is 17.4. The molecule has 0 unspecified atom stereocenters. The number of ether oxygens (including phenoxy) is 1. The van der Waals surface area contributed by atoms with E-state index >= 15 is 0 Å². The molecule has 0 N–H and O–H groups in total. The van der Waals surface area contributed by atoms with Crippen LogP contribution in [0.1, 0.15) is 39.7 Å². The number of non-ortho nitro benzene ring substituents is 1. The Morgan fingerprint density at radius 1 is 1.27 bits per heavy atom. The van der Waals surface area contributed by atoms with E-state index in [1.54, 1.807) is 11.8 Å². The van der Waals surface area contributed by atoms with Crippen LogP contribution in [0.2, 0.25) is 0 Å². The minimum absolute atomic E-state index is 0.137. The molecule has 1 aliphatic heterocycles. The molecule has 0 radical (unpaired) electrons. The Labute approximate surface area is 172 Å². The van der Waals surface area contributed by atoms with Crippen LogP contribution in [0, 0.1) is 16.0 Å². The van der Waals surface area contributed by atoms with E-state index in [9.17, 15) is 24.5 Å². The van der Waals surface area contributed by atoms with Crippen LogP contribution in [-0.2, 0) is 11.3 Å². The number of fused-ring (bicyclic) bond motifs is 1. The first kappa shape index (κ1) is 21.5. The van der Waals surface area contributed by atoms with E-state index in [0.717, 1.165) is 0 Å². The van der Waals surface area contributed by atoms with Crippen LogP contribution in [0.5, 0.6) is 0 Å². The van der Waals surface area contributed by atoms with Crippen LogP contribution in [0.25, 0.3) is 10.9 Å². The molecule has 2 heterocycles. The van der Waals surface area contributed by atoms with Gasteiger partial charge < -0.3 is 9.64 Å². The molecular weight excluding hydrogens is 392 g/mol. The number of carbonyl (C=O) groups is 1. The van der Waals surface area contributed by atoms with E-state index < -0.39 is 28.3 Å². The fourth-order valence-electron chi connectivity index (χ4n) is 3.88. The number of hydrogen-bond donors (Lipinski definition) is 0. The Balaban J connectivity index is 2.08. The van der Waals surface area contributed by atoms with Gasteiger partial charge in [0.2, 0.25) is 0 Å². The third kappa shape index (κ3) is 4.07. The van der Waals surface area contributed by atoms with Gasteiger partial charge in [0, 0.05) is 37.8 Å². The van der Waals surface area contributed by atoms with Gasteiger partial charge in [-0.05, 0) is 31.7 Å². The van der Waals surface area contributed by atoms with Crippen LogP contribution in [0.4, 0.5) is 10.5 Å². The maximum absolute atomic E-state index is 13.3. The summed E-state index contributed by atoms with van der Waals surface area (Å²) < 4.78 is 7.74. The maximum atomic E-state index is 13.3. The van der Waals surface area contributed by atoms with Crippen molar-refractivity contribution in [2.45, 2.75) is 46.2 Å². The summed E-state index contributed by atoms with van der Waals surface area (Å²) in [5.41, 5.74) is -0.763. The fourth-order valence-corrected chi connectivity index (χ4v) is 3.88. The monoisotopic (exact) mass is 418 g/mol. The van der Waals surface area contributed by atoms with Crippen molar-refractivity contribution in [1.29, 1.82) is 0 Å². The number of nitro benzene ring substituents is 1. The number of hydrogen-bond acceptors (Lipinski definition) is 6. The lowest BCUT2D eigenvalue weighted by atomic mass is 10.0. The first-order valence-electron chi connectivity index (χ1n) is 10.1. The Kier molecular flexibility index (Phi) is 6.23. The molecule has 0 atom stereocenters. The van der Waals surface area contributed by atoms with Crippen molar-refractivity contribution in [3.63, 3.8) is 0 Å². The second kappa shape index (κ2) is 8.68. The van der Waals surface area contributed by atoms with Crippen LogP contribution in [0.15, 0.2) is 27.8 Å². The van der Waals surface area contributed by atoms with Gasteiger partial charge >= 0.3 is 11.8 Å². The lowest BCUT2D eigenvalue weighted by molar-refractivity contribution is -0.384. The van der Waals surface area contributed by atoms with Gasteiger partial charge in [0.1, 0.15) is 0 Å². The van der Waals surface area contributed by atoms with E-state index in [1.165, 1.54) is 27.3 Å². The van der Waals surface area contributed by atoms with Crippen molar-refractivity contribution in [2.24, 2.45) is 5.92 Å². The number of nitro groups is 1. The fraction of sp³-hybridized carbons (Fsp3) is 0.550. The summed E-state index contributed by atoms with van der Waals surface area (Å²) in [5.74, 6) is 0.137. The van der Waals surface area contributed by atoms with Crippen molar-refractivity contribution >= 4 is 22.7 Å². The number of carbonyl (C=O) groups excluding carboxylic acids is 1. The number of rotatable bonds is 5. The molecule has 2 aromatic rings. The molecular formula is C20H26N4O6. The van der Waals surface area contributed by atoms with Gasteiger partial charge in [0.05, 0.1) is 22.4 Å². The van der Waals surface area contributed by atoms with Crippen LogP contribution in [-0.4, -0.2) is 44.7 Å². The van der Waals surface area contributed by atoms with Gasteiger partial charge in [0.15, 0.2) is 0 Å². The van der Waals surface area contributed by atoms with E-state index in [-0.39, 0.29) is 23.6 Å². The highest BCUT2D eigenvalue weighted by Gasteiger charge is 2.28. The van der Waals surface area contributed by atoms with Crippen molar-refractivity contribution in [2.75, 3.05) is 19.7 Å². The lowest BCUT2D eigenvalue weighted by Crippen LogP contribution is -2.47. The molecule has 162 valence electrons. The van der Waals surface area contributed by atoms with Gasteiger partial charge in [0.25, 0.3) is 11.2 Å². The Morgan fingerprint density at radius 3 is 2.50 bits per heavy atom. The van der Waals surface area contributed by atoms with Gasteiger partial charge in [-0.3, -0.25) is 24.0 Å². The standard InChI is InChI=1S/C20H26N4O6/c1-4-30-20(27)21-9-7-14(8-10-21)23-18(25)16-11-15(24(28)29)5-6-17(16)22(19(23)26)12-13(2)3/h5-6,11,13-14H,4,7-10,12H2,1-3H3. The second-order valence-electron chi connectivity index (χ2n) is 7.84. The molecule has 10 nitrogen and oxygen atoms in total. The van der Waals surface area contributed by atoms with Gasteiger partial charge in [-0.25, -0.2) is 9.59 Å². The zero-order valence-corrected chi connectivity index (χ0v) is 17.4. The van der Waals surface area contributed by atoms with Crippen LogP contribution < -0.4 is 11.2 Å². The smallest absolute Gasteiger partial charge is 0.409 e. The van der Waals surface area contributed by atoms with Crippen LogP contribution in [0.3, 0.4) is 0 Å². The largest absolute Gasteiger partial charge is 0.450 e. The molecule has 10 heteroatoms. The van der Waals surface area contributed by atoms with Crippen molar-refractivity contribution in [3.8, 4) is 0 Å². The van der Waals surface area contributed by atoms with Crippen molar-refractivity contribution in [3.05, 3.63) is 49.2 Å². The first-order chi connectivity index (χ1) is 14.2. The summed E-state index contributed by atoms with van der Waals surface area (Å²) in [4.78, 5) is 50.6. The highest BCUT2D eigenvalue weighted by molar-refractivity contribution is 5.80. The molecule has 1 aromatic carbocycles. The molecule has 1 aliphatic rings. The molecule has 0 bridgehead atoms. The number of amides is 1. The van der Waals surface area contributed by atoms with E-state index in [1.807, 2.05) is 13.8 Å². The summed E-state index contributed by atoms with van der Waals surface area (Å²) in [6.07, 6.45) is 0.446. The number of piperidine rings is 1. The molecule has 1 amide bonds. The van der Waals surface area contributed by atoms with Crippen molar-refractivity contribution < 1.29 is 14.5 Å². The minimum atomic E-state index is -0.557. The molecule has 30 heavy (non-hydrogen) atoms. The summed E-state index contributed by atoms with van der Waals surface area (Å²) in [6, 6.07) is 3.61. The van der Waals surface area contributed by atoms with E-state index in [2.05, 4.69) is 0 Å². The van der Waals surface area contributed by atoms with Crippen molar-refractivity contribution in [1.82, 2.24) is 14.0 Å². The average Bonchev–Trinajstić information content (AvgIpc) is 2.71. The Hall–Kier alpha value is -3.17. The minimum Gasteiger partial charge on any atom is -0.450 e. The lowest BCUT2D eigenvalue weighted by Gasteiger charge is -2.32. The quantitative estimate of drug-likeness (QED) is 0.544. The SMILES string of the molecule is CCOC(=O)N1CCC(n2c(=O)c3cc([N+](=O)[O-])ccc3n(CC(C)C)c2=O)CC1. The molecule has 0 spiro atoms. The molecule has 0 aliphatic carbocycles. The molecule has 3 rings (SSSR count). The highest BCUT2D eigenvalue weighted by atomic mass is 16.6. The molecule has 1 fully saturated rings. The van der Waals surface area contributed by atoms with Gasteiger partial charge in [-0.1, -0.05) is 13.8 Å². The van der Waals surface area contributed by atoms with E-state index in [0.29, 0.717) is 38.0 Å². The summed E-state index contributed by atoms with van der Waals surface area (Å²) in [7, 11) is 0. The third-order valence-corrected chi connectivity index (χ3v) is 5.27. The number of aromatic nitrogens is 2. The number of nitrogens with zero attached hydrogens (tertiary/aromatic N) is 4. The summed E-state index contributed by atoms with van der Waals surface area (Å²) >= 11 is 0. The second-order valence-corrected chi connectivity index (χ2v) is 7.84. The topological polar surface area (TPSA) is 117 Å². The zero-order chi connectivity index (χ0) is 22.0. The molecule has 1 saturated heterocycles. The summed E-state index contributed by atoms with van der Waals surface area (Å²) in [5, 5.41) is 11.4. The van der Waals surface area contributed by atoms with Crippen LogP contribution >= 0.6 is 0 Å². The number of benzene rings is 1. The Morgan fingerprint density at radius 2 is 1.93 bits per heavy atom. The first-order valence-corrected chi connectivity index (χ1v) is 10.1. The maximum Gasteiger partial charge on any atom is 0.409 e. The predicted octanol–water partition coefficient (Wildman–Crippen LogP) is 2.52. The van der Waals surface area contributed by atoms with E-state index in [4.69, 9.17) is 4.74 Å². The molecule has 0 saturated carbocycles. The Bertz CT molecular complexity index is 1080.